The number of hydrogen-bond donors (Lipinski definition) is 1. The highest BCUT2D eigenvalue weighted by Crippen LogP contribution is 2.63. The van der Waals surface area contributed by atoms with Crippen molar-refractivity contribution >= 4 is 21.6 Å². The Hall–Kier alpha value is -0.700. The topological polar surface area (TPSA) is 21.3 Å². The number of ether oxygens (including phenoxy) is 1. The van der Waals surface area contributed by atoms with E-state index >= 15 is 0 Å². The zero-order valence-corrected chi connectivity index (χ0v) is 14.4. The Kier molecular flexibility index (Phi) is 3.32. The Morgan fingerprint density at radius 1 is 1.30 bits per heavy atom. The number of benzene rings is 1. The molecule has 0 saturated heterocycles. The molecule has 0 aromatic heterocycles. The van der Waals surface area contributed by atoms with Crippen LogP contribution in [0.2, 0.25) is 0 Å². The molecular formula is C17H24BrNO. The van der Waals surface area contributed by atoms with Crippen molar-refractivity contribution in [1.29, 1.82) is 0 Å². The van der Waals surface area contributed by atoms with Gasteiger partial charge in [-0.1, -0.05) is 20.8 Å². The van der Waals surface area contributed by atoms with Crippen LogP contribution >= 0.6 is 15.9 Å². The van der Waals surface area contributed by atoms with Crippen molar-refractivity contribution in [2.45, 2.75) is 46.1 Å². The molecular weight excluding hydrogens is 314 g/mol. The molecule has 2 aliphatic rings. The SMILES string of the molecule is COc1ccc(Br)c(NC2C(C)(C)[C@H]3CC[C@]2(C)C3)c1. The van der Waals surface area contributed by atoms with E-state index in [0.29, 0.717) is 16.9 Å². The van der Waals surface area contributed by atoms with Gasteiger partial charge in [-0.25, -0.2) is 0 Å². The summed E-state index contributed by atoms with van der Waals surface area (Å²) < 4.78 is 6.46. The van der Waals surface area contributed by atoms with E-state index in [4.69, 9.17) is 4.74 Å². The number of rotatable bonds is 3. The summed E-state index contributed by atoms with van der Waals surface area (Å²) >= 11 is 3.66. The molecule has 1 N–H and O–H groups in total. The van der Waals surface area contributed by atoms with Gasteiger partial charge in [0.2, 0.25) is 0 Å². The lowest BCUT2D eigenvalue weighted by Crippen LogP contribution is -2.45. The molecule has 0 amide bonds. The quantitative estimate of drug-likeness (QED) is 0.829. The second-order valence-corrected chi connectivity index (χ2v) is 8.19. The lowest BCUT2D eigenvalue weighted by Gasteiger charge is -2.43. The molecule has 110 valence electrons. The fourth-order valence-corrected chi connectivity index (χ4v) is 4.92. The van der Waals surface area contributed by atoms with E-state index in [1.165, 1.54) is 19.3 Å². The van der Waals surface area contributed by atoms with Gasteiger partial charge in [-0.15, -0.1) is 0 Å². The van der Waals surface area contributed by atoms with E-state index in [1.807, 2.05) is 6.07 Å². The molecule has 2 aliphatic carbocycles. The van der Waals surface area contributed by atoms with Gasteiger partial charge in [-0.3, -0.25) is 0 Å². The maximum absolute atomic E-state index is 5.35. The first-order chi connectivity index (χ1) is 9.37. The monoisotopic (exact) mass is 337 g/mol. The number of nitrogens with one attached hydrogen (secondary N) is 1. The molecule has 0 heterocycles. The molecule has 3 atom stereocenters. The van der Waals surface area contributed by atoms with Crippen molar-refractivity contribution in [3.63, 3.8) is 0 Å². The first kappa shape index (κ1) is 14.2. The molecule has 0 spiro atoms. The molecule has 2 bridgehead atoms. The Balaban J connectivity index is 1.91. The molecule has 2 fully saturated rings. The van der Waals surface area contributed by atoms with Crippen LogP contribution in [-0.4, -0.2) is 13.2 Å². The molecule has 3 heteroatoms. The number of methoxy groups -OCH3 is 1. The first-order valence-corrected chi connectivity index (χ1v) is 8.26. The Morgan fingerprint density at radius 3 is 2.65 bits per heavy atom. The van der Waals surface area contributed by atoms with Crippen LogP contribution in [0.3, 0.4) is 0 Å². The summed E-state index contributed by atoms with van der Waals surface area (Å²) in [5.74, 6) is 1.76. The fraction of sp³-hybridized carbons (Fsp3) is 0.647. The third-order valence-corrected chi connectivity index (χ3v) is 6.43. The lowest BCUT2D eigenvalue weighted by atomic mass is 9.68. The average Bonchev–Trinajstić information content (AvgIpc) is 2.88. The van der Waals surface area contributed by atoms with Gasteiger partial charge in [0.1, 0.15) is 5.75 Å². The van der Waals surface area contributed by atoms with Crippen LogP contribution in [-0.2, 0) is 0 Å². The molecule has 1 aromatic rings. The van der Waals surface area contributed by atoms with Crippen molar-refractivity contribution in [1.82, 2.24) is 0 Å². The predicted molar refractivity (Wildman–Crippen MR) is 87.3 cm³/mol. The molecule has 1 aromatic carbocycles. The van der Waals surface area contributed by atoms with Crippen LogP contribution in [0.4, 0.5) is 5.69 Å². The normalized spacial score (nSPS) is 34.2. The highest BCUT2D eigenvalue weighted by Gasteiger charge is 2.59. The van der Waals surface area contributed by atoms with Gasteiger partial charge in [-0.2, -0.15) is 0 Å². The summed E-state index contributed by atoms with van der Waals surface area (Å²) in [6.07, 6.45) is 4.10. The fourth-order valence-electron chi connectivity index (χ4n) is 4.56. The summed E-state index contributed by atoms with van der Waals surface area (Å²) in [6, 6.07) is 6.67. The number of hydrogen-bond acceptors (Lipinski definition) is 2. The van der Waals surface area contributed by atoms with Crippen LogP contribution in [0, 0.1) is 16.7 Å². The molecule has 20 heavy (non-hydrogen) atoms. The summed E-state index contributed by atoms with van der Waals surface area (Å²) in [4.78, 5) is 0. The zero-order chi connectivity index (χ0) is 14.5. The Bertz CT molecular complexity index is 523. The van der Waals surface area contributed by atoms with Gasteiger partial charge in [0.25, 0.3) is 0 Å². The van der Waals surface area contributed by atoms with Crippen molar-refractivity contribution in [2.24, 2.45) is 16.7 Å². The highest BCUT2D eigenvalue weighted by molar-refractivity contribution is 9.10. The largest absolute Gasteiger partial charge is 0.497 e. The minimum absolute atomic E-state index is 0.357. The summed E-state index contributed by atoms with van der Waals surface area (Å²) in [6.45, 7) is 7.30. The van der Waals surface area contributed by atoms with E-state index in [1.54, 1.807) is 7.11 Å². The van der Waals surface area contributed by atoms with Crippen molar-refractivity contribution < 1.29 is 4.74 Å². The lowest BCUT2D eigenvalue weighted by molar-refractivity contribution is 0.155. The van der Waals surface area contributed by atoms with E-state index < -0.39 is 0 Å². The number of anilines is 1. The smallest absolute Gasteiger partial charge is 0.121 e. The van der Waals surface area contributed by atoms with Gasteiger partial charge < -0.3 is 10.1 Å². The third kappa shape index (κ3) is 2.05. The van der Waals surface area contributed by atoms with Gasteiger partial charge in [0.15, 0.2) is 0 Å². The van der Waals surface area contributed by atoms with Crippen molar-refractivity contribution in [2.75, 3.05) is 12.4 Å². The van der Waals surface area contributed by atoms with Crippen LogP contribution < -0.4 is 10.1 Å². The number of fused-ring (bicyclic) bond motifs is 2. The molecule has 0 radical (unpaired) electrons. The van der Waals surface area contributed by atoms with Gasteiger partial charge in [0.05, 0.1) is 12.8 Å². The standard InChI is InChI=1S/C17H24BrNO/c1-16(2)11-7-8-17(3,10-11)15(16)19-14-9-12(20-4)5-6-13(14)18/h5-6,9,11,15,19H,7-8,10H2,1-4H3/t11-,15?,17+/m0/s1. The van der Waals surface area contributed by atoms with E-state index in [2.05, 4.69) is 54.2 Å². The zero-order valence-electron chi connectivity index (χ0n) is 12.8. The van der Waals surface area contributed by atoms with Crippen LogP contribution in [0.15, 0.2) is 22.7 Å². The maximum atomic E-state index is 5.35. The summed E-state index contributed by atoms with van der Waals surface area (Å²) in [7, 11) is 1.72. The molecule has 3 rings (SSSR count). The second kappa shape index (κ2) is 4.66. The maximum Gasteiger partial charge on any atom is 0.121 e. The molecule has 0 aliphatic heterocycles. The van der Waals surface area contributed by atoms with Crippen molar-refractivity contribution in [3.8, 4) is 5.75 Å². The third-order valence-electron chi connectivity index (χ3n) is 5.74. The van der Waals surface area contributed by atoms with Gasteiger partial charge in [0, 0.05) is 16.6 Å². The first-order valence-electron chi connectivity index (χ1n) is 7.47. The predicted octanol–water partition coefficient (Wildman–Crippen LogP) is 5.08. The average molecular weight is 338 g/mol. The van der Waals surface area contributed by atoms with Crippen LogP contribution in [0.25, 0.3) is 0 Å². The van der Waals surface area contributed by atoms with Gasteiger partial charge >= 0.3 is 0 Å². The molecule has 2 saturated carbocycles. The Morgan fingerprint density at radius 2 is 2.05 bits per heavy atom. The minimum Gasteiger partial charge on any atom is -0.497 e. The summed E-state index contributed by atoms with van der Waals surface area (Å²) in [5.41, 5.74) is 1.93. The Labute approximate surface area is 130 Å². The van der Waals surface area contributed by atoms with Crippen LogP contribution in [0.1, 0.15) is 40.0 Å². The molecule has 2 nitrogen and oxygen atoms in total. The van der Waals surface area contributed by atoms with E-state index in [9.17, 15) is 0 Å². The van der Waals surface area contributed by atoms with E-state index in [0.717, 1.165) is 21.8 Å². The van der Waals surface area contributed by atoms with Gasteiger partial charge in [-0.05, 0) is 64.1 Å². The molecule has 1 unspecified atom stereocenters. The minimum atomic E-state index is 0.357. The highest BCUT2D eigenvalue weighted by atomic mass is 79.9. The number of halogens is 1. The second-order valence-electron chi connectivity index (χ2n) is 7.34. The van der Waals surface area contributed by atoms with Crippen LogP contribution in [0.5, 0.6) is 5.75 Å². The van der Waals surface area contributed by atoms with Crippen molar-refractivity contribution in [3.05, 3.63) is 22.7 Å². The summed E-state index contributed by atoms with van der Waals surface area (Å²) in [5, 5.41) is 3.82. The van der Waals surface area contributed by atoms with E-state index in [-0.39, 0.29) is 0 Å².